The number of pyridine rings is 1. The quantitative estimate of drug-likeness (QED) is 0.596. The molecule has 0 radical (unpaired) electrons. The molecule has 0 unspecified atom stereocenters. The van der Waals surface area contributed by atoms with E-state index in [1.54, 1.807) is 12.3 Å². The molecule has 1 heterocycles. The minimum atomic E-state index is -0.573. The lowest BCUT2D eigenvalue weighted by atomic mass is 10.2. The first kappa shape index (κ1) is 21.0. The molecule has 6 nitrogen and oxygen atoms in total. The number of nitrogens with zero attached hydrogens (tertiary/aromatic N) is 1. The van der Waals surface area contributed by atoms with Crippen molar-refractivity contribution in [2.24, 2.45) is 5.73 Å². The highest BCUT2D eigenvalue weighted by Crippen LogP contribution is 2.36. The first-order chi connectivity index (χ1) is 11.6. The van der Waals surface area contributed by atoms with Crippen LogP contribution in [0.5, 0.6) is 11.5 Å². The van der Waals surface area contributed by atoms with Crippen molar-refractivity contribution in [3.8, 4) is 11.5 Å². The summed E-state index contributed by atoms with van der Waals surface area (Å²) in [4.78, 5) is 15.0. The molecule has 8 heteroatoms. The fraction of sp³-hybridized carbons (Fsp3) is 0.294. The molecule has 0 fully saturated rings. The Morgan fingerprint density at radius 2 is 2.04 bits per heavy atom. The van der Waals surface area contributed by atoms with Crippen LogP contribution in [0.25, 0.3) is 0 Å². The molecule has 3 N–H and O–H groups in total. The molecule has 1 aromatic heterocycles. The van der Waals surface area contributed by atoms with Crippen molar-refractivity contribution in [1.29, 1.82) is 0 Å². The molecule has 25 heavy (non-hydrogen) atoms. The molecule has 1 aromatic carbocycles. The first-order valence-electron chi connectivity index (χ1n) is 7.56. The lowest BCUT2D eigenvalue weighted by Gasteiger charge is -2.15. The molecule has 136 valence electrons. The smallest absolute Gasteiger partial charge is 0.255 e. The van der Waals surface area contributed by atoms with Gasteiger partial charge in [0.1, 0.15) is 0 Å². The van der Waals surface area contributed by atoms with Crippen molar-refractivity contribution in [1.82, 2.24) is 10.3 Å². The Labute approximate surface area is 158 Å². The Bertz CT molecular complexity index is 684. The Kier molecular flexibility index (Phi) is 9.05. The van der Waals surface area contributed by atoms with Gasteiger partial charge in [0.25, 0.3) is 5.91 Å². The van der Waals surface area contributed by atoms with E-state index in [1.807, 2.05) is 31.3 Å². The number of rotatable bonds is 9. The van der Waals surface area contributed by atoms with Gasteiger partial charge in [-0.2, -0.15) is 0 Å². The number of hydrogen-bond acceptors (Lipinski definition) is 5. The van der Waals surface area contributed by atoms with Gasteiger partial charge in [-0.25, -0.2) is 0 Å². The van der Waals surface area contributed by atoms with Crippen LogP contribution < -0.4 is 32.9 Å². The average molecular weight is 385 g/mol. The standard InChI is InChI=1S/C17H20ClN3O3.ClH/c1-2-23-15-7-13(6-14(18)17(15)24-11-16(19)22)10-21-9-12-4-3-5-20-8-12;/h3-8,21H,2,9-11H2,1H3,(H2,19,22);1H/p-1. The van der Waals surface area contributed by atoms with E-state index in [-0.39, 0.29) is 19.0 Å². The third-order valence-corrected chi connectivity index (χ3v) is 3.39. The number of primary amides is 1. The lowest BCUT2D eigenvalue weighted by molar-refractivity contribution is -0.119. The van der Waals surface area contributed by atoms with Crippen molar-refractivity contribution < 1.29 is 26.7 Å². The molecule has 0 atom stereocenters. The summed E-state index contributed by atoms with van der Waals surface area (Å²) in [6, 6.07) is 7.50. The predicted molar refractivity (Wildman–Crippen MR) is 92.1 cm³/mol. The summed E-state index contributed by atoms with van der Waals surface area (Å²) in [6.45, 7) is 3.35. The number of aromatic nitrogens is 1. The Morgan fingerprint density at radius 1 is 1.28 bits per heavy atom. The van der Waals surface area contributed by atoms with E-state index in [9.17, 15) is 4.79 Å². The van der Waals surface area contributed by atoms with E-state index in [4.69, 9.17) is 26.8 Å². The van der Waals surface area contributed by atoms with Crippen LogP contribution in [0.1, 0.15) is 18.1 Å². The maximum absolute atomic E-state index is 10.9. The monoisotopic (exact) mass is 384 g/mol. The van der Waals surface area contributed by atoms with Crippen molar-refractivity contribution in [3.63, 3.8) is 0 Å². The molecule has 2 rings (SSSR count). The largest absolute Gasteiger partial charge is 1.00 e. The summed E-state index contributed by atoms with van der Waals surface area (Å²) in [5, 5.41) is 3.69. The van der Waals surface area contributed by atoms with Crippen LogP contribution in [0, 0.1) is 0 Å². The Morgan fingerprint density at radius 3 is 2.68 bits per heavy atom. The van der Waals surface area contributed by atoms with Gasteiger partial charge in [0.15, 0.2) is 18.1 Å². The third kappa shape index (κ3) is 6.78. The topological polar surface area (TPSA) is 86.5 Å². The number of ether oxygens (including phenoxy) is 2. The Balaban J connectivity index is 0.00000312. The Hall–Kier alpha value is -2.02. The molecular weight excluding hydrogens is 365 g/mol. The van der Waals surface area contributed by atoms with Gasteiger partial charge in [0, 0.05) is 25.5 Å². The van der Waals surface area contributed by atoms with Gasteiger partial charge in [0.05, 0.1) is 11.6 Å². The molecule has 0 aliphatic carbocycles. The highest BCUT2D eigenvalue weighted by atomic mass is 35.5. The maximum atomic E-state index is 10.9. The SMILES string of the molecule is CCOc1cc(CNCc2cccnc2)cc(Cl)c1OCC(N)=O.[Cl-]. The summed E-state index contributed by atoms with van der Waals surface area (Å²) >= 11 is 6.25. The molecule has 0 bridgehead atoms. The lowest BCUT2D eigenvalue weighted by Crippen LogP contribution is -3.00. The minimum absolute atomic E-state index is 0. The highest BCUT2D eigenvalue weighted by molar-refractivity contribution is 6.32. The van der Waals surface area contributed by atoms with Crippen molar-refractivity contribution >= 4 is 17.5 Å². The molecule has 0 aliphatic rings. The molecule has 0 saturated heterocycles. The number of carbonyl (C=O) groups is 1. The fourth-order valence-corrected chi connectivity index (χ4v) is 2.41. The highest BCUT2D eigenvalue weighted by Gasteiger charge is 2.13. The van der Waals surface area contributed by atoms with E-state index in [1.165, 1.54) is 0 Å². The molecular formula is C17H20Cl2N3O3-. The first-order valence-corrected chi connectivity index (χ1v) is 7.94. The van der Waals surface area contributed by atoms with Crippen LogP contribution in [0.3, 0.4) is 0 Å². The summed E-state index contributed by atoms with van der Waals surface area (Å²) in [5.41, 5.74) is 7.14. The number of nitrogens with one attached hydrogen (secondary N) is 1. The number of amides is 1. The zero-order chi connectivity index (χ0) is 17.4. The van der Waals surface area contributed by atoms with E-state index < -0.39 is 5.91 Å². The predicted octanol–water partition coefficient (Wildman–Crippen LogP) is -0.708. The second kappa shape index (κ2) is 10.8. The van der Waals surface area contributed by atoms with Gasteiger partial charge in [0.2, 0.25) is 0 Å². The van der Waals surface area contributed by atoms with Gasteiger partial charge in [-0.15, -0.1) is 0 Å². The average Bonchev–Trinajstić information content (AvgIpc) is 2.55. The van der Waals surface area contributed by atoms with E-state index in [2.05, 4.69) is 10.3 Å². The number of nitrogens with two attached hydrogens (primary N) is 1. The third-order valence-electron chi connectivity index (χ3n) is 3.11. The zero-order valence-electron chi connectivity index (χ0n) is 13.8. The van der Waals surface area contributed by atoms with Crippen LogP contribution in [0.4, 0.5) is 0 Å². The molecule has 0 saturated carbocycles. The van der Waals surface area contributed by atoms with Gasteiger partial charge in [-0.3, -0.25) is 9.78 Å². The maximum Gasteiger partial charge on any atom is 0.255 e. The summed E-state index contributed by atoms with van der Waals surface area (Å²) in [5.74, 6) is 0.244. The van der Waals surface area contributed by atoms with E-state index >= 15 is 0 Å². The van der Waals surface area contributed by atoms with Crippen LogP contribution in [-0.2, 0) is 17.9 Å². The number of carbonyl (C=O) groups excluding carboxylic acids is 1. The number of hydrogen-bond donors (Lipinski definition) is 2. The van der Waals surface area contributed by atoms with Crippen LogP contribution in [0.15, 0.2) is 36.7 Å². The van der Waals surface area contributed by atoms with Crippen molar-refractivity contribution in [2.75, 3.05) is 13.2 Å². The summed E-state index contributed by atoms with van der Waals surface area (Å²) in [6.07, 6.45) is 3.55. The normalized spacial score (nSPS) is 10.0. The number of benzene rings is 1. The van der Waals surface area contributed by atoms with Crippen LogP contribution in [0.2, 0.25) is 5.02 Å². The van der Waals surface area contributed by atoms with E-state index in [0.717, 1.165) is 11.1 Å². The molecule has 0 spiro atoms. The van der Waals surface area contributed by atoms with E-state index in [0.29, 0.717) is 36.2 Å². The van der Waals surface area contributed by atoms with Crippen molar-refractivity contribution in [3.05, 3.63) is 52.8 Å². The second-order valence-electron chi connectivity index (χ2n) is 5.06. The summed E-state index contributed by atoms with van der Waals surface area (Å²) < 4.78 is 10.9. The zero-order valence-corrected chi connectivity index (χ0v) is 15.3. The molecule has 0 aliphatic heterocycles. The van der Waals surface area contributed by atoms with Crippen LogP contribution >= 0.6 is 11.6 Å². The van der Waals surface area contributed by atoms with Gasteiger partial charge in [-0.05, 0) is 36.2 Å². The van der Waals surface area contributed by atoms with Crippen molar-refractivity contribution in [2.45, 2.75) is 20.0 Å². The summed E-state index contributed by atoms with van der Waals surface area (Å²) in [7, 11) is 0. The molecule has 1 amide bonds. The molecule has 2 aromatic rings. The fourth-order valence-electron chi connectivity index (χ4n) is 2.12. The van der Waals surface area contributed by atoms with Crippen LogP contribution in [-0.4, -0.2) is 24.1 Å². The van der Waals surface area contributed by atoms with Gasteiger partial charge in [-0.1, -0.05) is 17.7 Å². The van der Waals surface area contributed by atoms with Gasteiger partial charge >= 0.3 is 0 Å². The minimum Gasteiger partial charge on any atom is -1.00 e. The second-order valence-corrected chi connectivity index (χ2v) is 5.46. The van der Waals surface area contributed by atoms with Gasteiger partial charge < -0.3 is 32.9 Å². The number of halogens is 2.